The second kappa shape index (κ2) is 17.3. The Hall–Kier alpha value is -2.69. The van der Waals surface area contributed by atoms with Crippen LogP contribution < -0.4 is 25.8 Å². The minimum absolute atomic E-state index is 0.0179. The largest absolute Gasteiger partial charge is 0.493 e. The third-order valence-corrected chi connectivity index (χ3v) is 7.92. The lowest BCUT2D eigenvalue weighted by Crippen LogP contribution is -2.45. The maximum atomic E-state index is 13.0. The number of piperidine rings is 1. The van der Waals surface area contributed by atoms with E-state index in [-0.39, 0.29) is 61.3 Å². The van der Waals surface area contributed by atoms with Gasteiger partial charge >= 0.3 is 0 Å². The van der Waals surface area contributed by atoms with Gasteiger partial charge in [0.05, 0.1) is 19.8 Å². The maximum absolute atomic E-state index is 13.0. The average Bonchev–Trinajstić information content (AvgIpc) is 2.91. The van der Waals surface area contributed by atoms with E-state index in [1.54, 1.807) is 14.2 Å². The molecule has 1 aliphatic rings. The molecule has 5 N–H and O–H groups in total. The molecule has 0 unspecified atom stereocenters. The first-order valence-electron chi connectivity index (χ1n) is 14.8. The Labute approximate surface area is 245 Å². The van der Waals surface area contributed by atoms with Crippen molar-refractivity contribution in [2.24, 2.45) is 35.3 Å². The van der Waals surface area contributed by atoms with Crippen LogP contribution in [-0.4, -0.2) is 69.0 Å². The minimum atomic E-state index is -0.855. The van der Waals surface area contributed by atoms with Crippen LogP contribution >= 0.6 is 0 Å². The van der Waals surface area contributed by atoms with Crippen molar-refractivity contribution in [3.8, 4) is 11.5 Å². The Kier molecular flexibility index (Phi) is 14.6. The molecule has 10 heteroatoms. The van der Waals surface area contributed by atoms with Crippen molar-refractivity contribution in [2.75, 3.05) is 34.0 Å². The average molecular weight is 578 g/mol. The normalized spacial score (nSPS) is 17.2. The molecule has 232 valence electrons. The van der Waals surface area contributed by atoms with Crippen LogP contribution in [0.5, 0.6) is 11.5 Å². The van der Waals surface area contributed by atoms with Gasteiger partial charge in [0.15, 0.2) is 11.5 Å². The lowest BCUT2D eigenvalue weighted by Gasteiger charge is -2.30. The lowest BCUT2D eigenvalue weighted by molar-refractivity contribution is -0.136. The van der Waals surface area contributed by atoms with Gasteiger partial charge < -0.3 is 30.4 Å². The SMILES string of the molecule is COCCCOc1cc(C[C@@H](C[C@H](N)[C@@H](O)C[C@H](C(=O)NCC2CC(=O)NC(=O)C2)C(C)C)C(C)C)ccc1OC. The number of ether oxygens (including phenoxy) is 3. The van der Waals surface area contributed by atoms with Gasteiger partial charge in [0, 0.05) is 51.5 Å². The van der Waals surface area contributed by atoms with Crippen molar-refractivity contribution in [2.45, 2.75) is 78.4 Å². The Morgan fingerprint density at radius 1 is 1.05 bits per heavy atom. The van der Waals surface area contributed by atoms with Gasteiger partial charge in [-0.25, -0.2) is 0 Å². The first-order chi connectivity index (χ1) is 19.4. The predicted molar refractivity (Wildman–Crippen MR) is 157 cm³/mol. The standard InChI is InChI=1S/C31H51N3O7/c1-19(2)23(12-21-8-9-27(40-6)28(13-21)41-11-7-10-39-5)16-25(32)26(35)17-24(20(3)4)31(38)33-18-22-14-29(36)34-30(37)15-22/h8-9,13,19-20,22-26,35H,7,10-12,14-18,32H2,1-6H3,(H,33,38)(H,34,36,37)/t23-,24-,25-,26-/m0/s1. The predicted octanol–water partition coefficient (Wildman–Crippen LogP) is 2.83. The third-order valence-electron chi connectivity index (χ3n) is 7.92. The third kappa shape index (κ3) is 11.6. The molecule has 1 saturated heterocycles. The molecule has 4 atom stereocenters. The molecule has 1 heterocycles. The molecule has 1 fully saturated rings. The molecular weight excluding hydrogens is 526 g/mol. The van der Waals surface area contributed by atoms with Crippen LogP contribution in [0.25, 0.3) is 0 Å². The minimum Gasteiger partial charge on any atom is -0.493 e. The van der Waals surface area contributed by atoms with E-state index in [1.165, 1.54) is 0 Å². The molecule has 0 radical (unpaired) electrons. The smallest absolute Gasteiger partial charge is 0.226 e. The molecule has 3 amide bonds. The van der Waals surface area contributed by atoms with Gasteiger partial charge in [-0.05, 0) is 60.6 Å². The summed E-state index contributed by atoms with van der Waals surface area (Å²) >= 11 is 0. The fourth-order valence-corrected chi connectivity index (χ4v) is 5.24. The van der Waals surface area contributed by atoms with Crippen LogP contribution in [0.1, 0.15) is 65.4 Å². The van der Waals surface area contributed by atoms with Gasteiger partial charge in [-0.2, -0.15) is 0 Å². The summed E-state index contributed by atoms with van der Waals surface area (Å²) in [4.78, 5) is 36.3. The van der Waals surface area contributed by atoms with E-state index in [9.17, 15) is 19.5 Å². The van der Waals surface area contributed by atoms with E-state index in [0.29, 0.717) is 37.1 Å². The number of hydrogen-bond acceptors (Lipinski definition) is 8. The summed E-state index contributed by atoms with van der Waals surface area (Å²) < 4.78 is 16.5. The molecule has 1 aliphatic heterocycles. The summed E-state index contributed by atoms with van der Waals surface area (Å²) in [5.74, 6) is 0.383. The van der Waals surface area contributed by atoms with Crippen molar-refractivity contribution in [1.29, 1.82) is 0 Å². The van der Waals surface area contributed by atoms with E-state index in [1.807, 2.05) is 32.0 Å². The number of imide groups is 1. The van der Waals surface area contributed by atoms with Gasteiger partial charge in [0.1, 0.15) is 0 Å². The molecule has 0 bridgehead atoms. The van der Waals surface area contributed by atoms with Gasteiger partial charge in [0.25, 0.3) is 0 Å². The van der Waals surface area contributed by atoms with Gasteiger partial charge in [0.2, 0.25) is 17.7 Å². The van der Waals surface area contributed by atoms with Crippen LogP contribution in [0.2, 0.25) is 0 Å². The Morgan fingerprint density at radius 3 is 2.32 bits per heavy atom. The van der Waals surface area contributed by atoms with Crippen LogP contribution in [-0.2, 0) is 25.5 Å². The molecular formula is C31H51N3O7. The summed E-state index contributed by atoms with van der Waals surface area (Å²) in [5.41, 5.74) is 7.63. The zero-order valence-corrected chi connectivity index (χ0v) is 25.6. The van der Waals surface area contributed by atoms with Crippen molar-refractivity contribution in [3.63, 3.8) is 0 Å². The topological polar surface area (TPSA) is 149 Å². The van der Waals surface area contributed by atoms with E-state index in [4.69, 9.17) is 19.9 Å². The Bertz CT molecular complexity index is 968. The van der Waals surface area contributed by atoms with Gasteiger partial charge in [-0.15, -0.1) is 0 Å². The summed E-state index contributed by atoms with van der Waals surface area (Å²) in [7, 11) is 3.28. The number of nitrogens with one attached hydrogen (secondary N) is 2. The highest BCUT2D eigenvalue weighted by Crippen LogP contribution is 2.32. The number of aliphatic hydroxyl groups is 1. The molecule has 2 rings (SSSR count). The van der Waals surface area contributed by atoms with Crippen molar-refractivity contribution >= 4 is 17.7 Å². The van der Waals surface area contributed by atoms with Gasteiger partial charge in [-0.3, -0.25) is 19.7 Å². The zero-order chi connectivity index (χ0) is 30.5. The van der Waals surface area contributed by atoms with Gasteiger partial charge in [-0.1, -0.05) is 33.8 Å². The highest BCUT2D eigenvalue weighted by Gasteiger charge is 2.31. The quantitative estimate of drug-likeness (QED) is 0.154. The molecule has 10 nitrogen and oxygen atoms in total. The van der Waals surface area contributed by atoms with E-state index < -0.39 is 18.1 Å². The summed E-state index contributed by atoms with van der Waals surface area (Å²) in [5, 5.41) is 16.2. The fraction of sp³-hybridized carbons (Fsp3) is 0.710. The number of nitrogens with two attached hydrogens (primary N) is 1. The first kappa shape index (κ1) is 34.5. The summed E-state index contributed by atoms with van der Waals surface area (Å²) in [6.07, 6.45) is 1.93. The van der Waals surface area contributed by atoms with E-state index in [0.717, 1.165) is 18.4 Å². The zero-order valence-electron chi connectivity index (χ0n) is 25.6. The molecule has 0 aromatic heterocycles. The Morgan fingerprint density at radius 2 is 1.73 bits per heavy atom. The van der Waals surface area contributed by atoms with E-state index in [2.05, 4.69) is 24.5 Å². The number of carbonyl (C=O) groups excluding carboxylic acids is 3. The summed E-state index contributed by atoms with van der Waals surface area (Å²) in [6.45, 7) is 9.57. The second-order valence-electron chi connectivity index (χ2n) is 11.9. The summed E-state index contributed by atoms with van der Waals surface area (Å²) in [6, 6.07) is 5.44. The molecule has 41 heavy (non-hydrogen) atoms. The number of rotatable bonds is 18. The van der Waals surface area contributed by atoms with Crippen LogP contribution in [0.3, 0.4) is 0 Å². The molecule has 1 aromatic rings. The monoisotopic (exact) mass is 577 g/mol. The highest BCUT2D eigenvalue weighted by atomic mass is 16.5. The molecule has 0 spiro atoms. The Balaban J connectivity index is 1.98. The maximum Gasteiger partial charge on any atom is 0.226 e. The van der Waals surface area contributed by atoms with Crippen molar-refractivity contribution < 1.29 is 33.7 Å². The number of benzene rings is 1. The number of aliphatic hydroxyl groups excluding tert-OH is 1. The highest BCUT2D eigenvalue weighted by molar-refractivity contribution is 5.97. The molecule has 0 saturated carbocycles. The second-order valence-corrected chi connectivity index (χ2v) is 11.9. The van der Waals surface area contributed by atoms with Crippen molar-refractivity contribution in [3.05, 3.63) is 23.8 Å². The number of methoxy groups -OCH3 is 2. The number of amides is 3. The van der Waals surface area contributed by atoms with Crippen LogP contribution in [0.4, 0.5) is 0 Å². The number of hydrogen-bond donors (Lipinski definition) is 4. The number of carbonyl (C=O) groups is 3. The first-order valence-corrected chi connectivity index (χ1v) is 14.8. The van der Waals surface area contributed by atoms with Crippen molar-refractivity contribution in [1.82, 2.24) is 10.6 Å². The van der Waals surface area contributed by atoms with Crippen LogP contribution in [0.15, 0.2) is 18.2 Å². The van der Waals surface area contributed by atoms with E-state index >= 15 is 0 Å². The fourth-order valence-electron chi connectivity index (χ4n) is 5.24. The molecule has 0 aliphatic carbocycles. The lowest BCUT2D eigenvalue weighted by atomic mass is 9.80. The van der Waals surface area contributed by atoms with Crippen LogP contribution in [0, 0.1) is 29.6 Å². The molecule has 1 aromatic carbocycles.